The summed E-state index contributed by atoms with van der Waals surface area (Å²) in [6.07, 6.45) is -0.781. The van der Waals surface area contributed by atoms with Gasteiger partial charge in [0.15, 0.2) is 12.2 Å². The van der Waals surface area contributed by atoms with E-state index in [2.05, 4.69) is 4.99 Å². The van der Waals surface area contributed by atoms with Crippen LogP contribution >= 0.6 is 0 Å². The Kier molecular flexibility index (Phi) is 11.2. The molecule has 25 heavy (non-hydrogen) atoms. The van der Waals surface area contributed by atoms with E-state index in [9.17, 15) is 9.90 Å². The number of nitrogens with two attached hydrogens (primary N) is 4. The third kappa shape index (κ3) is 8.43. The van der Waals surface area contributed by atoms with Crippen molar-refractivity contribution in [2.45, 2.75) is 50.3 Å². The molecule has 1 saturated heterocycles. The van der Waals surface area contributed by atoms with Crippen LogP contribution in [0.5, 0.6) is 0 Å². The minimum atomic E-state index is -1.00. The zero-order valence-electron chi connectivity index (χ0n) is 14.6. The maximum absolute atomic E-state index is 10.2. The maximum Gasteiger partial charge on any atom is 0.320 e. The molecule has 0 aromatic heterocycles. The molecular weight excluding hydrogens is 334 g/mol. The number of nitrogens with zero attached hydrogens (tertiary/aromatic N) is 1. The molecule has 0 bridgehead atoms. The summed E-state index contributed by atoms with van der Waals surface area (Å²) in [5.74, 6) is -1.16. The number of ether oxygens (including phenoxy) is 2. The van der Waals surface area contributed by atoms with Gasteiger partial charge in [-0.3, -0.25) is 9.79 Å². The van der Waals surface area contributed by atoms with Gasteiger partial charge in [-0.2, -0.15) is 0 Å². The van der Waals surface area contributed by atoms with Crippen molar-refractivity contribution in [3.63, 3.8) is 0 Å². The molecule has 1 aliphatic rings. The van der Waals surface area contributed by atoms with Crippen molar-refractivity contribution in [2.24, 2.45) is 33.8 Å². The number of rotatable bonds is 7. The fourth-order valence-corrected chi connectivity index (χ4v) is 2.18. The summed E-state index contributed by atoms with van der Waals surface area (Å²) in [5, 5.41) is 27.0. The molecule has 1 heterocycles. The van der Waals surface area contributed by atoms with Gasteiger partial charge in [0.2, 0.25) is 0 Å². The molecule has 0 radical (unpaired) electrons. The molecule has 1 aliphatic heterocycles. The molecule has 11 N–H and O–H groups in total. The van der Waals surface area contributed by atoms with E-state index in [1.165, 1.54) is 7.11 Å². The number of aliphatic imine (C=N–C) groups is 1. The smallest absolute Gasteiger partial charge is 0.320 e. The number of carboxylic acid groups (broad SMARTS) is 1. The fourth-order valence-electron chi connectivity index (χ4n) is 2.18. The first-order chi connectivity index (χ1) is 11.6. The van der Waals surface area contributed by atoms with E-state index in [0.717, 1.165) is 0 Å². The normalized spacial score (nSPS) is 29.9. The van der Waals surface area contributed by atoms with Crippen molar-refractivity contribution >= 4 is 11.9 Å². The highest BCUT2D eigenvalue weighted by Gasteiger charge is 2.40. The predicted molar refractivity (Wildman–Crippen MR) is 91.4 cm³/mol. The molecule has 1 fully saturated rings. The molecule has 3 unspecified atom stereocenters. The number of aliphatic hydroxyl groups is 2. The summed E-state index contributed by atoms with van der Waals surface area (Å²) in [5.41, 5.74) is 21.0. The van der Waals surface area contributed by atoms with Crippen molar-refractivity contribution in [1.82, 2.24) is 0 Å². The minimum Gasteiger partial charge on any atom is -0.480 e. The number of aliphatic hydroxyl groups excluding tert-OH is 2. The average molecular weight is 365 g/mol. The molecule has 0 saturated carbocycles. The lowest BCUT2D eigenvalue weighted by molar-refractivity contribution is -0.240. The van der Waals surface area contributed by atoms with E-state index in [0.29, 0.717) is 19.4 Å². The highest BCUT2D eigenvalue weighted by Crippen LogP contribution is 2.24. The Labute approximate surface area is 147 Å². The number of carboxylic acids is 1. The first kappa shape index (κ1) is 23.5. The van der Waals surface area contributed by atoms with E-state index in [1.54, 1.807) is 6.92 Å². The van der Waals surface area contributed by atoms with Gasteiger partial charge in [0.05, 0.1) is 24.9 Å². The summed E-state index contributed by atoms with van der Waals surface area (Å²) in [6.45, 7) is 2.07. The first-order valence-corrected chi connectivity index (χ1v) is 7.92. The number of hydrogen-bond acceptors (Lipinski definition) is 8. The van der Waals surface area contributed by atoms with Crippen LogP contribution in [0.2, 0.25) is 0 Å². The molecule has 0 spiro atoms. The van der Waals surface area contributed by atoms with Crippen LogP contribution in [-0.4, -0.2) is 78.1 Å². The topological polar surface area (TPSA) is 213 Å². The van der Waals surface area contributed by atoms with Gasteiger partial charge in [-0.1, -0.05) is 6.92 Å². The van der Waals surface area contributed by atoms with Crippen molar-refractivity contribution in [2.75, 3.05) is 20.3 Å². The molecule has 0 aromatic rings. The van der Waals surface area contributed by atoms with Crippen LogP contribution in [0, 0.1) is 5.92 Å². The molecule has 11 heteroatoms. The number of hydrogen-bond donors (Lipinski definition) is 7. The molecule has 11 nitrogen and oxygen atoms in total. The summed E-state index contributed by atoms with van der Waals surface area (Å²) >= 11 is 0. The monoisotopic (exact) mass is 365 g/mol. The largest absolute Gasteiger partial charge is 0.480 e. The van der Waals surface area contributed by atoms with E-state index < -0.39 is 36.6 Å². The standard InChI is InChI=1S/C8H17NO4.C6H14N4O2/c1-4-5(3-10)13-8(12-2)6(9)7(4)11;7-4(5(11)12)2-1-3-10-6(8)9/h4-8,10-11H,3,9H2,1-2H3;4H,1-3,7H2,(H,11,12)(H4,8,9,10)/t4?,5-,6-,7+,8?;/m1./s1. The zero-order chi connectivity index (χ0) is 19.6. The number of guanidine groups is 1. The lowest BCUT2D eigenvalue weighted by atomic mass is 9.90. The third-order valence-corrected chi connectivity index (χ3v) is 3.84. The molecule has 0 aliphatic carbocycles. The quantitative estimate of drug-likeness (QED) is 0.139. The van der Waals surface area contributed by atoms with E-state index >= 15 is 0 Å². The van der Waals surface area contributed by atoms with Crippen LogP contribution < -0.4 is 22.9 Å². The van der Waals surface area contributed by atoms with Gasteiger partial charge in [0, 0.05) is 19.6 Å². The van der Waals surface area contributed by atoms with Gasteiger partial charge in [-0.15, -0.1) is 0 Å². The van der Waals surface area contributed by atoms with Gasteiger partial charge in [0.25, 0.3) is 0 Å². The van der Waals surface area contributed by atoms with Crippen LogP contribution in [-0.2, 0) is 14.3 Å². The lowest BCUT2D eigenvalue weighted by Crippen LogP contribution is -2.58. The van der Waals surface area contributed by atoms with E-state index in [1.807, 2.05) is 0 Å². The van der Waals surface area contributed by atoms with Crippen LogP contribution in [0.4, 0.5) is 0 Å². The number of aliphatic carboxylic acids is 1. The van der Waals surface area contributed by atoms with Gasteiger partial charge >= 0.3 is 5.97 Å². The Morgan fingerprint density at radius 2 is 2.00 bits per heavy atom. The third-order valence-electron chi connectivity index (χ3n) is 3.84. The van der Waals surface area contributed by atoms with Gasteiger partial charge in [-0.25, -0.2) is 0 Å². The van der Waals surface area contributed by atoms with E-state index in [4.69, 9.17) is 42.6 Å². The SMILES string of the molecule is COC1O[C@H](CO)C(C)[C@H](O)[C@H]1N.NC(N)=NCCCC(N)C(=O)O. The van der Waals surface area contributed by atoms with Crippen molar-refractivity contribution in [3.8, 4) is 0 Å². The Morgan fingerprint density at radius 1 is 1.40 bits per heavy atom. The van der Waals surface area contributed by atoms with Crippen LogP contribution in [0.15, 0.2) is 4.99 Å². The van der Waals surface area contributed by atoms with Crippen LogP contribution in [0.3, 0.4) is 0 Å². The molecule has 148 valence electrons. The second-order valence-electron chi connectivity index (χ2n) is 5.78. The van der Waals surface area contributed by atoms with Crippen LogP contribution in [0.1, 0.15) is 19.8 Å². The Bertz CT molecular complexity index is 401. The van der Waals surface area contributed by atoms with Crippen LogP contribution in [0.25, 0.3) is 0 Å². The maximum atomic E-state index is 10.2. The van der Waals surface area contributed by atoms with Crippen molar-refractivity contribution < 1.29 is 29.6 Å². The first-order valence-electron chi connectivity index (χ1n) is 7.92. The van der Waals surface area contributed by atoms with Gasteiger partial charge in [-0.05, 0) is 12.8 Å². The summed E-state index contributed by atoms with van der Waals surface area (Å²) in [4.78, 5) is 13.9. The second-order valence-corrected chi connectivity index (χ2v) is 5.78. The van der Waals surface area contributed by atoms with Crippen molar-refractivity contribution in [1.29, 1.82) is 0 Å². The molecule has 6 atom stereocenters. The molecule has 0 aromatic carbocycles. The number of carbonyl (C=O) groups is 1. The molecule has 0 amide bonds. The second kappa shape index (κ2) is 12.0. The summed E-state index contributed by atoms with van der Waals surface area (Å²) in [7, 11) is 1.46. The highest BCUT2D eigenvalue weighted by atomic mass is 16.7. The Morgan fingerprint density at radius 3 is 2.44 bits per heavy atom. The van der Waals surface area contributed by atoms with Gasteiger partial charge in [0.1, 0.15) is 6.04 Å². The Hall–Kier alpha value is -1.50. The Balaban J connectivity index is 0.000000463. The van der Waals surface area contributed by atoms with E-state index in [-0.39, 0.29) is 18.5 Å². The van der Waals surface area contributed by atoms with Gasteiger partial charge < -0.3 is 47.7 Å². The summed E-state index contributed by atoms with van der Waals surface area (Å²) < 4.78 is 10.3. The molecular formula is C14H31N5O6. The zero-order valence-corrected chi connectivity index (χ0v) is 14.6. The molecule has 1 rings (SSSR count). The summed E-state index contributed by atoms with van der Waals surface area (Å²) in [6, 6.07) is -1.37. The lowest BCUT2D eigenvalue weighted by Gasteiger charge is -2.40. The highest BCUT2D eigenvalue weighted by molar-refractivity contribution is 5.75. The van der Waals surface area contributed by atoms with Crippen molar-refractivity contribution in [3.05, 3.63) is 0 Å². The average Bonchev–Trinajstić information content (AvgIpc) is 2.57. The fraction of sp³-hybridized carbons (Fsp3) is 0.857. The predicted octanol–water partition coefficient (Wildman–Crippen LogP) is -2.87. The minimum absolute atomic E-state index is 0.0129. The number of methoxy groups -OCH3 is 1.